The van der Waals surface area contributed by atoms with Crippen molar-refractivity contribution in [2.24, 2.45) is 5.41 Å². The van der Waals surface area contributed by atoms with E-state index in [0.29, 0.717) is 22.6 Å². The SMILES string of the molecule is Cc1ccc(NC(=O)c2ccc(N3CCN(CC(C)(C)C)CC3)cc2)cc1Nc1nccc(-c2cccnc2)n1. The summed E-state index contributed by atoms with van der Waals surface area (Å²) in [6.07, 6.45) is 5.22. The summed E-state index contributed by atoms with van der Waals surface area (Å²) < 4.78 is 0. The van der Waals surface area contributed by atoms with Crippen LogP contribution in [0, 0.1) is 12.3 Å². The minimum atomic E-state index is -0.147. The number of piperazine rings is 1. The third-order valence-electron chi connectivity index (χ3n) is 6.92. The van der Waals surface area contributed by atoms with Crippen LogP contribution in [0.2, 0.25) is 0 Å². The molecule has 2 N–H and O–H groups in total. The van der Waals surface area contributed by atoms with Crippen molar-refractivity contribution in [3.63, 3.8) is 0 Å². The summed E-state index contributed by atoms with van der Waals surface area (Å²) in [6.45, 7) is 14.1. The lowest BCUT2D eigenvalue weighted by Crippen LogP contribution is -2.48. The maximum absolute atomic E-state index is 13.1. The first kappa shape index (κ1) is 27.3. The second-order valence-corrected chi connectivity index (χ2v) is 11.5. The number of pyridine rings is 1. The van der Waals surface area contributed by atoms with Crippen LogP contribution in [-0.2, 0) is 0 Å². The molecule has 0 aliphatic carbocycles. The highest BCUT2D eigenvalue weighted by Crippen LogP contribution is 2.25. The van der Waals surface area contributed by atoms with Gasteiger partial charge in [-0.05, 0) is 72.5 Å². The van der Waals surface area contributed by atoms with Gasteiger partial charge in [0.25, 0.3) is 5.91 Å². The van der Waals surface area contributed by atoms with E-state index in [0.717, 1.165) is 60.9 Å². The summed E-state index contributed by atoms with van der Waals surface area (Å²) in [5.74, 6) is 0.328. The zero-order valence-corrected chi connectivity index (χ0v) is 23.7. The molecular formula is C32H37N7O. The highest BCUT2D eigenvalue weighted by atomic mass is 16.1. The Labute approximate surface area is 236 Å². The van der Waals surface area contributed by atoms with E-state index in [1.165, 1.54) is 0 Å². The number of aryl methyl sites for hydroxylation is 1. The molecule has 1 fully saturated rings. The molecule has 206 valence electrons. The number of nitrogens with one attached hydrogen (secondary N) is 2. The average molecular weight is 536 g/mol. The lowest BCUT2D eigenvalue weighted by atomic mass is 9.96. The second kappa shape index (κ2) is 11.8. The van der Waals surface area contributed by atoms with Crippen LogP contribution in [0.5, 0.6) is 0 Å². The zero-order valence-electron chi connectivity index (χ0n) is 23.7. The number of rotatable bonds is 7. The van der Waals surface area contributed by atoms with Crippen LogP contribution in [0.3, 0.4) is 0 Å². The van der Waals surface area contributed by atoms with Crippen molar-refractivity contribution in [2.75, 3.05) is 48.3 Å². The Balaban J connectivity index is 1.21. The Morgan fingerprint density at radius 2 is 1.73 bits per heavy atom. The van der Waals surface area contributed by atoms with E-state index in [4.69, 9.17) is 0 Å². The molecular weight excluding hydrogens is 498 g/mol. The van der Waals surface area contributed by atoms with Gasteiger partial charge in [0.05, 0.1) is 5.69 Å². The van der Waals surface area contributed by atoms with Crippen LogP contribution < -0.4 is 15.5 Å². The minimum absolute atomic E-state index is 0.147. The van der Waals surface area contributed by atoms with Crippen LogP contribution in [0.1, 0.15) is 36.7 Å². The molecule has 0 saturated carbocycles. The van der Waals surface area contributed by atoms with Gasteiger partial charge < -0.3 is 15.5 Å². The molecule has 0 unspecified atom stereocenters. The van der Waals surface area contributed by atoms with E-state index < -0.39 is 0 Å². The molecule has 4 aromatic rings. The zero-order chi connectivity index (χ0) is 28.1. The summed E-state index contributed by atoms with van der Waals surface area (Å²) >= 11 is 0. The standard InChI is InChI=1S/C32H37N7O/c1-23-7-10-26(20-29(23)37-31-34-15-13-28(36-31)25-6-5-14-33-21-25)35-30(40)24-8-11-27(12-9-24)39-18-16-38(17-19-39)22-32(2,3)4/h5-15,20-21H,16-19,22H2,1-4H3,(H,35,40)(H,34,36,37). The van der Waals surface area contributed by atoms with E-state index >= 15 is 0 Å². The minimum Gasteiger partial charge on any atom is -0.369 e. The van der Waals surface area contributed by atoms with Crippen molar-refractivity contribution in [2.45, 2.75) is 27.7 Å². The maximum Gasteiger partial charge on any atom is 0.255 e. The van der Waals surface area contributed by atoms with Gasteiger partial charge in [-0.15, -0.1) is 0 Å². The highest BCUT2D eigenvalue weighted by molar-refractivity contribution is 6.04. The monoisotopic (exact) mass is 535 g/mol. The number of benzene rings is 2. The number of hydrogen-bond acceptors (Lipinski definition) is 7. The van der Waals surface area contributed by atoms with Gasteiger partial charge in [-0.1, -0.05) is 26.8 Å². The van der Waals surface area contributed by atoms with E-state index in [-0.39, 0.29) is 5.91 Å². The molecule has 40 heavy (non-hydrogen) atoms. The fourth-order valence-corrected chi connectivity index (χ4v) is 4.91. The summed E-state index contributed by atoms with van der Waals surface area (Å²) in [7, 11) is 0. The smallest absolute Gasteiger partial charge is 0.255 e. The molecule has 0 radical (unpaired) electrons. The first-order chi connectivity index (χ1) is 19.2. The summed E-state index contributed by atoms with van der Waals surface area (Å²) in [5, 5.41) is 6.32. The van der Waals surface area contributed by atoms with Crippen LogP contribution >= 0.6 is 0 Å². The first-order valence-electron chi connectivity index (χ1n) is 13.7. The molecule has 1 aliphatic rings. The molecule has 1 saturated heterocycles. The third kappa shape index (κ3) is 7.01. The lowest BCUT2D eigenvalue weighted by Gasteiger charge is -2.38. The van der Waals surface area contributed by atoms with Gasteiger partial charge in [0.1, 0.15) is 0 Å². The maximum atomic E-state index is 13.1. The van der Waals surface area contributed by atoms with Gasteiger partial charge in [0.15, 0.2) is 0 Å². The van der Waals surface area contributed by atoms with E-state index in [2.05, 4.69) is 56.2 Å². The fourth-order valence-electron chi connectivity index (χ4n) is 4.91. The predicted molar refractivity (Wildman–Crippen MR) is 162 cm³/mol. The molecule has 0 bridgehead atoms. The van der Waals surface area contributed by atoms with Crippen LogP contribution in [0.25, 0.3) is 11.3 Å². The van der Waals surface area contributed by atoms with E-state index in [9.17, 15) is 4.79 Å². The highest BCUT2D eigenvalue weighted by Gasteiger charge is 2.22. The predicted octanol–water partition coefficient (Wildman–Crippen LogP) is 6.01. The number of amides is 1. The number of anilines is 4. The summed E-state index contributed by atoms with van der Waals surface area (Å²) in [5.41, 5.74) is 6.32. The largest absolute Gasteiger partial charge is 0.369 e. The number of nitrogens with zero attached hydrogens (tertiary/aromatic N) is 5. The number of aromatic nitrogens is 3. The van der Waals surface area contributed by atoms with Crippen molar-refractivity contribution in [1.82, 2.24) is 19.9 Å². The van der Waals surface area contributed by atoms with E-state index in [1.807, 2.05) is 67.6 Å². The summed E-state index contributed by atoms with van der Waals surface area (Å²) in [6, 6.07) is 19.3. The molecule has 1 aliphatic heterocycles. The quantitative estimate of drug-likeness (QED) is 0.300. The molecule has 5 rings (SSSR count). The van der Waals surface area contributed by atoms with Crippen molar-refractivity contribution in [3.05, 3.63) is 90.4 Å². The van der Waals surface area contributed by atoms with Crippen LogP contribution in [-0.4, -0.2) is 58.5 Å². The van der Waals surface area contributed by atoms with Crippen molar-refractivity contribution in [1.29, 1.82) is 0 Å². The van der Waals surface area contributed by atoms with Gasteiger partial charge >= 0.3 is 0 Å². The molecule has 2 aromatic carbocycles. The third-order valence-corrected chi connectivity index (χ3v) is 6.92. The van der Waals surface area contributed by atoms with Gasteiger partial charge in [-0.2, -0.15) is 0 Å². The Kier molecular flexibility index (Phi) is 8.07. The van der Waals surface area contributed by atoms with Gasteiger partial charge in [0, 0.05) is 79.5 Å². The first-order valence-corrected chi connectivity index (χ1v) is 13.7. The van der Waals surface area contributed by atoms with Crippen LogP contribution in [0.15, 0.2) is 79.3 Å². The Bertz CT molecular complexity index is 1440. The van der Waals surface area contributed by atoms with E-state index in [1.54, 1.807) is 18.6 Å². The molecule has 8 nitrogen and oxygen atoms in total. The lowest BCUT2D eigenvalue weighted by molar-refractivity contribution is 0.102. The van der Waals surface area contributed by atoms with Gasteiger partial charge in [-0.25, -0.2) is 9.97 Å². The Hall–Kier alpha value is -4.30. The normalized spacial score (nSPS) is 14.2. The van der Waals surface area contributed by atoms with Crippen LogP contribution in [0.4, 0.5) is 23.0 Å². The number of carbonyl (C=O) groups is 1. The van der Waals surface area contributed by atoms with Gasteiger partial charge in [0.2, 0.25) is 5.95 Å². The average Bonchev–Trinajstić information content (AvgIpc) is 2.95. The molecule has 0 atom stereocenters. The summed E-state index contributed by atoms with van der Waals surface area (Å²) in [4.78, 5) is 31.1. The molecule has 2 aromatic heterocycles. The van der Waals surface area contributed by atoms with Crippen molar-refractivity contribution >= 4 is 28.9 Å². The fraction of sp³-hybridized carbons (Fsp3) is 0.312. The Morgan fingerprint density at radius 1 is 0.950 bits per heavy atom. The second-order valence-electron chi connectivity index (χ2n) is 11.5. The molecule has 1 amide bonds. The van der Waals surface area contributed by atoms with Crippen molar-refractivity contribution < 1.29 is 4.79 Å². The molecule has 3 heterocycles. The molecule has 0 spiro atoms. The number of hydrogen-bond donors (Lipinski definition) is 2. The van der Waals surface area contributed by atoms with Crippen molar-refractivity contribution in [3.8, 4) is 11.3 Å². The number of carbonyl (C=O) groups excluding carboxylic acids is 1. The molecule has 8 heteroatoms. The van der Waals surface area contributed by atoms with Gasteiger partial charge in [-0.3, -0.25) is 14.7 Å². The topological polar surface area (TPSA) is 86.3 Å². The Morgan fingerprint density at radius 3 is 2.42 bits per heavy atom.